The molecule has 1 aliphatic rings. The van der Waals surface area contributed by atoms with Crippen LogP contribution in [0.2, 0.25) is 0 Å². The van der Waals surface area contributed by atoms with E-state index in [2.05, 4.69) is 30.5 Å². The molecule has 21 heavy (non-hydrogen) atoms. The summed E-state index contributed by atoms with van der Waals surface area (Å²) in [6, 6.07) is 0. The maximum absolute atomic E-state index is 6.27. The van der Waals surface area contributed by atoms with Crippen molar-refractivity contribution < 1.29 is 4.74 Å². The molecule has 0 aromatic carbocycles. The predicted molar refractivity (Wildman–Crippen MR) is 96.2 cm³/mol. The summed E-state index contributed by atoms with van der Waals surface area (Å²) in [7, 11) is 0. The summed E-state index contributed by atoms with van der Waals surface area (Å²) in [5.41, 5.74) is 0. The van der Waals surface area contributed by atoms with Gasteiger partial charge in [-0.2, -0.15) is 11.8 Å². The molecule has 0 aromatic heterocycles. The van der Waals surface area contributed by atoms with Crippen molar-refractivity contribution in [2.24, 2.45) is 0 Å². The second-order valence-electron chi connectivity index (χ2n) is 6.37. The highest BCUT2D eigenvalue weighted by Gasteiger charge is 2.13. The predicted octanol–water partition coefficient (Wildman–Crippen LogP) is 5.32. The van der Waals surface area contributed by atoms with Crippen molar-refractivity contribution in [3.05, 3.63) is 0 Å². The summed E-state index contributed by atoms with van der Waals surface area (Å²) < 4.78 is 6.27. The normalized spacial score (nSPS) is 18.6. The fourth-order valence-electron chi connectivity index (χ4n) is 2.77. The maximum Gasteiger partial charge on any atom is 0.0994 e. The largest absolute Gasteiger partial charge is 0.362 e. The zero-order valence-electron chi connectivity index (χ0n) is 14.4. The van der Waals surface area contributed by atoms with Crippen LogP contribution in [0, 0.1) is 0 Å². The second kappa shape index (κ2) is 13.9. The first kappa shape index (κ1) is 19.3. The third-order valence-corrected chi connectivity index (χ3v) is 5.45. The Kier molecular flexibility index (Phi) is 12.8. The van der Waals surface area contributed by atoms with Gasteiger partial charge in [-0.1, -0.05) is 52.4 Å². The molecule has 1 atom stereocenters. The van der Waals surface area contributed by atoms with Gasteiger partial charge in [0, 0.05) is 18.8 Å². The summed E-state index contributed by atoms with van der Waals surface area (Å²) in [6.45, 7) is 7.90. The van der Waals surface area contributed by atoms with Gasteiger partial charge in [-0.05, 0) is 31.4 Å². The van der Waals surface area contributed by atoms with Gasteiger partial charge < -0.3 is 4.74 Å². The molecule has 0 bridgehead atoms. The summed E-state index contributed by atoms with van der Waals surface area (Å²) in [6.07, 6.45) is 13.9. The van der Waals surface area contributed by atoms with Crippen molar-refractivity contribution in [1.82, 2.24) is 4.90 Å². The highest BCUT2D eigenvalue weighted by atomic mass is 32.2. The summed E-state index contributed by atoms with van der Waals surface area (Å²) in [5.74, 6) is 2.49. The number of hydrogen-bond donors (Lipinski definition) is 0. The van der Waals surface area contributed by atoms with Gasteiger partial charge in [0.25, 0.3) is 0 Å². The lowest BCUT2D eigenvalue weighted by Gasteiger charge is -2.24. The average Bonchev–Trinajstić information content (AvgIpc) is 2.77. The molecule has 0 N–H and O–H groups in total. The number of thioether (sulfide) groups is 1. The van der Waals surface area contributed by atoms with Crippen molar-refractivity contribution in [2.75, 3.05) is 31.3 Å². The third kappa shape index (κ3) is 10.6. The summed E-state index contributed by atoms with van der Waals surface area (Å²) in [4.78, 5) is 2.52. The van der Waals surface area contributed by atoms with Crippen LogP contribution in [-0.4, -0.2) is 42.3 Å². The SMILES string of the molecule is CCCCCC(CSCCCC)OCN1CCCCCC1. The molecule has 0 aromatic rings. The summed E-state index contributed by atoms with van der Waals surface area (Å²) >= 11 is 2.09. The molecule has 1 fully saturated rings. The van der Waals surface area contributed by atoms with E-state index in [9.17, 15) is 0 Å². The van der Waals surface area contributed by atoms with Crippen LogP contribution in [0.4, 0.5) is 0 Å². The standard InChI is InChI=1S/C18H37NOS/c1-3-5-9-12-18(16-21-15-6-4-2)20-17-19-13-10-7-8-11-14-19/h18H,3-17H2,1-2H3. The Balaban J connectivity index is 2.21. The topological polar surface area (TPSA) is 12.5 Å². The molecule has 126 valence electrons. The molecule has 1 unspecified atom stereocenters. The second-order valence-corrected chi connectivity index (χ2v) is 7.52. The zero-order chi connectivity index (χ0) is 15.2. The smallest absolute Gasteiger partial charge is 0.0994 e. The van der Waals surface area contributed by atoms with Crippen molar-refractivity contribution in [3.63, 3.8) is 0 Å². The Morgan fingerprint density at radius 2 is 1.67 bits per heavy atom. The van der Waals surface area contributed by atoms with Gasteiger partial charge in [0.2, 0.25) is 0 Å². The molecule has 3 heteroatoms. The monoisotopic (exact) mass is 315 g/mol. The average molecular weight is 316 g/mol. The quantitative estimate of drug-likeness (QED) is 0.452. The molecule has 1 saturated heterocycles. The molecule has 1 rings (SSSR count). The molecular weight excluding hydrogens is 278 g/mol. The number of nitrogens with zero attached hydrogens (tertiary/aromatic N) is 1. The highest BCUT2D eigenvalue weighted by molar-refractivity contribution is 7.99. The van der Waals surface area contributed by atoms with Gasteiger partial charge in [-0.3, -0.25) is 4.90 Å². The summed E-state index contributed by atoms with van der Waals surface area (Å²) in [5, 5.41) is 0. The minimum Gasteiger partial charge on any atom is -0.362 e. The number of likely N-dealkylation sites (tertiary alicyclic amines) is 1. The highest BCUT2D eigenvalue weighted by Crippen LogP contribution is 2.16. The molecule has 1 heterocycles. The minimum atomic E-state index is 0.474. The number of ether oxygens (including phenoxy) is 1. The molecule has 0 spiro atoms. The van der Waals surface area contributed by atoms with Crippen LogP contribution < -0.4 is 0 Å². The van der Waals surface area contributed by atoms with Gasteiger partial charge in [-0.25, -0.2) is 0 Å². The van der Waals surface area contributed by atoms with E-state index in [0.717, 1.165) is 6.73 Å². The third-order valence-electron chi connectivity index (χ3n) is 4.27. The molecule has 0 amide bonds. The van der Waals surface area contributed by atoms with Crippen LogP contribution >= 0.6 is 11.8 Å². The number of unbranched alkanes of at least 4 members (excludes halogenated alkanes) is 3. The Hall–Kier alpha value is 0.270. The Morgan fingerprint density at radius 1 is 0.952 bits per heavy atom. The van der Waals surface area contributed by atoms with Gasteiger partial charge in [-0.15, -0.1) is 0 Å². The minimum absolute atomic E-state index is 0.474. The van der Waals surface area contributed by atoms with Crippen molar-refractivity contribution in [1.29, 1.82) is 0 Å². The van der Waals surface area contributed by atoms with Crippen LogP contribution in [0.25, 0.3) is 0 Å². The van der Waals surface area contributed by atoms with Crippen molar-refractivity contribution >= 4 is 11.8 Å². The van der Waals surface area contributed by atoms with E-state index in [1.165, 1.54) is 88.8 Å². The Bertz CT molecular complexity index is 217. The molecule has 1 aliphatic heterocycles. The first-order chi connectivity index (χ1) is 10.4. The van der Waals surface area contributed by atoms with E-state index in [1.54, 1.807) is 0 Å². The fraction of sp³-hybridized carbons (Fsp3) is 1.00. The van der Waals surface area contributed by atoms with Gasteiger partial charge in [0.05, 0.1) is 12.8 Å². The van der Waals surface area contributed by atoms with Crippen LogP contribution in [-0.2, 0) is 4.74 Å². The van der Waals surface area contributed by atoms with Crippen LogP contribution in [0.5, 0.6) is 0 Å². The van der Waals surface area contributed by atoms with E-state index in [-0.39, 0.29) is 0 Å². The van der Waals surface area contributed by atoms with Crippen LogP contribution in [0.3, 0.4) is 0 Å². The lowest BCUT2D eigenvalue weighted by molar-refractivity contribution is -0.0151. The number of hydrogen-bond acceptors (Lipinski definition) is 3. The van der Waals surface area contributed by atoms with Crippen LogP contribution in [0.15, 0.2) is 0 Å². The lowest BCUT2D eigenvalue weighted by Crippen LogP contribution is -2.31. The molecular formula is C18H37NOS. The van der Waals surface area contributed by atoms with Crippen molar-refractivity contribution in [3.8, 4) is 0 Å². The van der Waals surface area contributed by atoms with Gasteiger partial charge >= 0.3 is 0 Å². The van der Waals surface area contributed by atoms with Gasteiger partial charge in [0.1, 0.15) is 0 Å². The number of rotatable bonds is 12. The first-order valence-electron chi connectivity index (χ1n) is 9.28. The Labute approximate surface area is 137 Å². The first-order valence-corrected chi connectivity index (χ1v) is 10.4. The van der Waals surface area contributed by atoms with Crippen molar-refractivity contribution in [2.45, 2.75) is 84.2 Å². The van der Waals surface area contributed by atoms with E-state index in [0.29, 0.717) is 6.10 Å². The van der Waals surface area contributed by atoms with Crippen LogP contribution in [0.1, 0.15) is 78.1 Å². The fourth-order valence-corrected chi connectivity index (χ4v) is 3.96. The van der Waals surface area contributed by atoms with E-state index < -0.39 is 0 Å². The molecule has 0 radical (unpaired) electrons. The Morgan fingerprint density at radius 3 is 2.33 bits per heavy atom. The lowest BCUT2D eigenvalue weighted by atomic mass is 10.1. The van der Waals surface area contributed by atoms with E-state index in [4.69, 9.17) is 4.74 Å². The molecule has 0 aliphatic carbocycles. The van der Waals surface area contributed by atoms with Gasteiger partial charge in [0.15, 0.2) is 0 Å². The van der Waals surface area contributed by atoms with E-state index in [1.807, 2.05) is 0 Å². The maximum atomic E-state index is 6.27. The zero-order valence-corrected chi connectivity index (χ0v) is 15.3. The molecule has 2 nitrogen and oxygen atoms in total. The van der Waals surface area contributed by atoms with E-state index >= 15 is 0 Å². The molecule has 0 saturated carbocycles.